The van der Waals surface area contributed by atoms with E-state index in [2.05, 4.69) is 4.98 Å². The first-order valence-electron chi connectivity index (χ1n) is 5.70. The van der Waals surface area contributed by atoms with Crippen molar-refractivity contribution in [1.82, 2.24) is 9.55 Å². The van der Waals surface area contributed by atoms with Crippen LogP contribution in [0.4, 0.5) is 0 Å². The van der Waals surface area contributed by atoms with Gasteiger partial charge in [0.15, 0.2) is 0 Å². The molecule has 0 unspecified atom stereocenters. The summed E-state index contributed by atoms with van der Waals surface area (Å²) in [6.07, 6.45) is 0.786. The average Bonchev–Trinajstić information content (AvgIpc) is 2.77. The number of aromatic nitrogens is 2. The summed E-state index contributed by atoms with van der Waals surface area (Å²) in [5.41, 5.74) is -0.582. The third kappa shape index (κ3) is 2.73. The van der Waals surface area contributed by atoms with E-state index < -0.39 is 23.6 Å². The van der Waals surface area contributed by atoms with Crippen molar-refractivity contribution < 1.29 is 9.84 Å². The highest BCUT2D eigenvalue weighted by molar-refractivity contribution is 8.04. The third-order valence-corrected chi connectivity index (χ3v) is 3.92. The lowest BCUT2D eigenvalue weighted by molar-refractivity contribution is -0.0238. The van der Waals surface area contributed by atoms with Crippen LogP contribution in [0.1, 0.15) is 18.2 Å². The standard InChI is InChI=1S/C11H13N3O4S/c1-6-3-14(11(17)13-10(6)16)9-2-8(19-5-12)7(4-15)18-9/h3,7-9,15H,2,4H2,1H3,(H,13,16,17)/t7-,8+,9-/m1/s1. The lowest BCUT2D eigenvalue weighted by Crippen LogP contribution is -2.33. The van der Waals surface area contributed by atoms with E-state index in [4.69, 9.17) is 10.00 Å². The minimum absolute atomic E-state index is 0.195. The Morgan fingerprint density at radius 1 is 1.68 bits per heavy atom. The predicted molar refractivity (Wildman–Crippen MR) is 68.7 cm³/mol. The zero-order chi connectivity index (χ0) is 14.0. The van der Waals surface area contributed by atoms with Crippen molar-refractivity contribution in [3.63, 3.8) is 0 Å². The maximum Gasteiger partial charge on any atom is 0.330 e. The smallest absolute Gasteiger partial charge is 0.330 e. The SMILES string of the molecule is Cc1cn([C@H]2C[C@H](SC#N)[C@@H](CO)O2)c(=O)[nH]c1=O. The molecule has 7 nitrogen and oxygen atoms in total. The Morgan fingerprint density at radius 3 is 3.05 bits per heavy atom. The van der Waals surface area contributed by atoms with Gasteiger partial charge in [0, 0.05) is 18.2 Å². The molecule has 0 radical (unpaired) electrons. The Hall–Kier alpha value is -1.56. The Bertz CT molecular complexity index is 618. The second-order valence-corrected chi connectivity index (χ2v) is 5.30. The van der Waals surface area contributed by atoms with Crippen molar-refractivity contribution in [3.8, 4) is 5.40 Å². The number of nitrogens with one attached hydrogen (secondary N) is 1. The molecule has 19 heavy (non-hydrogen) atoms. The number of rotatable bonds is 3. The van der Waals surface area contributed by atoms with E-state index in [-0.39, 0.29) is 11.9 Å². The number of aromatic amines is 1. The van der Waals surface area contributed by atoms with Crippen molar-refractivity contribution in [2.45, 2.75) is 30.9 Å². The average molecular weight is 283 g/mol. The normalized spacial score (nSPS) is 26.3. The molecular formula is C11H13N3O4S. The molecule has 2 N–H and O–H groups in total. The van der Waals surface area contributed by atoms with Gasteiger partial charge in [-0.05, 0) is 18.7 Å². The van der Waals surface area contributed by atoms with Crippen LogP contribution in [0.2, 0.25) is 0 Å². The molecule has 0 aliphatic carbocycles. The molecule has 0 amide bonds. The number of H-pyrrole nitrogens is 1. The summed E-state index contributed by atoms with van der Waals surface area (Å²) >= 11 is 1.02. The molecule has 1 aliphatic rings. The van der Waals surface area contributed by atoms with Gasteiger partial charge in [-0.25, -0.2) is 4.79 Å². The van der Waals surface area contributed by atoms with E-state index in [1.54, 1.807) is 6.92 Å². The van der Waals surface area contributed by atoms with Crippen molar-refractivity contribution in [3.05, 3.63) is 32.6 Å². The number of hydrogen-bond donors (Lipinski definition) is 2. The van der Waals surface area contributed by atoms with Crippen LogP contribution in [0, 0.1) is 17.6 Å². The lowest BCUT2D eigenvalue weighted by Gasteiger charge is -2.14. The Balaban J connectivity index is 2.30. The molecule has 2 rings (SSSR count). The molecule has 1 saturated heterocycles. The molecule has 1 fully saturated rings. The molecule has 8 heteroatoms. The number of aryl methyl sites for hydroxylation is 1. The first-order chi connectivity index (χ1) is 9.06. The first-order valence-corrected chi connectivity index (χ1v) is 6.58. The maximum absolute atomic E-state index is 11.7. The van der Waals surface area contributed by atoms with Gasteiger partial charge >= 0.3 is 5.69 Å². The molecule has 1 aromatic rings. The van der Waals surface area contributed by atoms with E-state index >= 15 is 0 Å². The van der Waals surface area contributed by atoms with E-state index in [9.17, 15) is 14.7 Å². The van der Waals surface area contributed by atoms with Gasteiger partial charge in [0.25, 0.3) is 5.56 Å². The van der Waals surface area contributed by atoms with Crippen LogP contribution in [-0.4, -0.2) is 32.6 Å². The monoisotopic (exact) mass is 283 g/mol. The Morgan fingerprint density at radius 2 is 2.42 bits per heavy atom. The van der Waals surface area contributed by atoms with Gasteiger partial charge in [-0.15, -0.1) is 0 Å². The maximum atomic E-state index is 11.7. The topological polar surface area (TPSA) is 108 Å². The molecule has 0 aromatic carbocycles. The number of aliphatic hydroxyl groups excluding tert-OH is 1. The molecule has 1 aliphatic heterocycles. The zero-order valence-corrected chi connectivity index (χ0v) is 11.0. The largest absolute Gasteiger partial charge is 0.394 e. The summed E-state index contributed by atoms with van der Waals surface area (Å²) in [7, 11) is 0. The number of aliphatic hydroxyl groups is 1. The van der Waals surface area contributed by atoms with Crippen molar-refractivity contribution in [2.75, 3.05) is 6.61 Å². The van der Waals surface area contributed by atoms with Crippen molar-refractivity contribution in [2.24, 2.45) is 0 Å². The Labute approximate surface area is 112 Å². The summed E-state index contributed by atoms with van der Waals surface area (Å²) < 4.78 is 6.85. The second-order valence-electron chi connectivity index (χ2n) is 4.27. The van der Waals surface area contributed by atoms with Crippen molar-refractivity contribution >= 4 is 11.8 Å². The predicted octanol–water partition coefficient (Wildman–Crippen LogP) is -0.292. The van der Waals surface area contributed by atoms with Crippen LogP contribution in [0.3, 0.4) is 0 Å². The number of nitrogens with zero attached hydrogens (tertiary/aromatic N) is 2. The van der Waals surface area contributed by atoms with Crippen LogP contribution < -0.4 is 11.2 Å². The highest BCUT2D eigenvalue weighted by Crippen LogP contribution is 2.34. The van der Waals surface area contributed by atoms with Gasteiger partial charge in [-0.2, -0.15) is 5.26 Å². The fourth-order valence-corrected chi connectivity index (χ4v) is 2.73. The Kier molecular flexibility index (Phi) is 4.09. The molecule has 0 saturated carbocycles. The second kappa shape index (κ2) is 5.61. The molecule has 0 spiro atoms. The molecule has 2 heterocycles. The number of ether oxygens (including phenoxy) is 1. The summed E-state index contributed by atoms with van der Waals surface area (Å²) in [6.45, 7) is 1.38. The fourth-order valence-electron chi connectivity index (χ4n) is 2.03. The fraction of sp³-hybridized carbons (Fsp3) is 0.545. The molecule has 3 atom stereocenters. The van der Waals surface area contributed by atoms with E-state index in [1.165, 1.54) is 10.8 Å². The van der Waals surface area contributed by atoms with E-state index in [1.807, 2.05) is 5.40 Å². The van der Waals surface area contributed by atoms with Gasteiger partial charge < -0.3 is 9.84 Å². The number of hydrogen-bond acceptors (Lipinski definition) is 6. The highest BCUT2D eigenvalue weighted by Gasteiger charge is 2.36. The lowest BCUT2D eigenvalue weighted by atomic mass is 10.2. The van der Waals surface area contributed by atoms with Crippen LogP contribution in [0.5, 0.6) is 0 Å². The first kappa shape index (κ1) is 13.9. The minimum Gasteiger partial charge on any atom is -0.394 e. The van der Waals surface area contributed by atoms with Gasteiger partial charge in [-0.1, -0.05) is 0 Å². The summed E-state index contributed by atoms with van der Waals surface area (Å²) in [5, 5.41) is 19.7. The molecular weight excluding hydrogens is 270 g/mol. The summed E-state index contributed by atoms with van der Waals surface area (Å²) in [5.74, 6) is 0. The van der Waals surface area contributed by atoms with Gasteiger partial charge in [-0.3, -0.25) is 14.3 Å². The van der Waals surface area contributed by atoms with Crippen molar-refractivity contribution in [1.29, 1.82) is 5.26 Å². The summed E-state index contributed by atoms with van der Waals surface area (Å²) in [6, 6.07) is 0. The van der Waals surface area contributed by atoms with Crippen LogP contribution >= 0.6 is 11.8 Å². The number of thiocyanates is 1. The van der Waals surface area contributed by atoms with E-state index in [0.717, 1.165) is 11.8 Å². The van der Waals surface area contributed by atoms with Crippen LogP contribution in [0.15, 0.2) is 15.8 Å². The summed E-state index contributed by atoms with van der Waals surface area (Å²) in [4.78, 5) is 25.2. The van der Waals surface area contributed by atoms with Crippen LogP contribution in [-0.2, 0) is 4.74 Å². The third-order valence-electron chi connectivity index (χ3n) is 3.02. The molecule has 102 valence electrons. The molecule has 0 bridgehead atoms. The zero-order valence-electron chi connectivity index (χ0n) is 10.2. The van der Waals surface area contributed by atoms with Gasteiger partial charge in [0.05, 0.1) is 18.0 Å². The van der Waals surface area contributed by atoms with Crippen LogP contribution in [0.25, 0.3) is 0 Å². The van der Waals surface area contributed by atoms with Gasteiger partial charge in [0.1, 0.15) is 11.6 Å². The molecule has 1 aromatic heterocycles. The van der Waals surface area contributed by atoms with Gasteiger partial charge in [0.2, 0.25) is 0 Å². The number of thioether (sulfide) groups is 1. The minimum atomic E-state index is -0.578. The number of nitriles is 1. The quantitative estimate of drug-likeness (QED) is 0.738. The highest BCUT2D eigenvalue weighted by atomic mass is 32.2. The van der Waals surface area contributed by atoms with E-state index in [0.29, 0.717) is 12.0 Å².